The van der Waals surface area contributed by atoms with Gasteiger partial charge in [0.25, 0.3) is 0 Å². The smallest absolute Gasteiger partial charge is 0.00136 e. The molecule has 2 N–H and O–H groups in total. The predicted octanol–water partition coefficient (Wildman–Crippen LogP) is 3.02. The van der Waals surface area contributed by atoms with Gasteiger partial charge in [0.05, 0.1) is 0 Å². The van der Waals surface area contributed by atoms with Gasteiger partial charge in [-0.1, -0.05) is 33.1 Å². The zero-order valence-electron chi connectivity index (χ0n) is 11.3. The second kappa shape index (κ2) is 7.29. The van der Waals surface area contributed by atoms with Gasteiger partial charge in [-0.25, -0.2) is 0 Å². The Bertz CT molecular complexity index is 168. The summed E-state index contributed by atoms with van der Waals surface area (Å²) in [5.74, 6) is 0. The van der Waals surface area contributed by atoms with Crippen molar-refractivity contribution >= 4 is 0 Å². The normalized spacial score (nSPS) is 21.2. The molecule has 0 atom stereocenters. The zero-order chi connectivity index (χ0) is 11.9. The van der Waals surface area contributed by atoms with Crippen molar-refractivity contribution < 1.29 is 0 Å². The summed E-state index contributed by atoms with van der Waals surface area (Å²) >= 11 is 0. The van der Waals surface area contributed by atoms with Crippen LogP contribution in [0.4, 0.5) is 0 Å². The molecule has 2 nitrogen and oxygen atoms in total. The third kappa shape index (κ3) is 5.86. The average Bonchev–Trinajstić information content (AvgIpc) is 2.25. The van der Waals surface area contributed by atoms with Crippen LogP contribution in [0.1, 0.15) is 58.8 Å². The van der Waals surface area contributed by atoms with E-state index < -0.39 is 0 Å². The molecule has 0 unspecified atom stereocenters. The largest absolute Gasteiger partial charge is 0.330 e. The van der Waals surface area contributed by atoms with E-state index >= 15 is 0 Å². The van der Waals surface area contributed by atoms with E-state index in [1.807, 2.05) is 0 Å². The number of unbranched alkanes of at least 4 members (excludes halogenated alkanes) is 4. The van der Waals surface area contributed by atoms with Crippen molar-refractivity contribution in [1.29, 1.82) is 0 Å². The number of piperidine rings is 1. The van der Waals surface area contributed by atoms with Gasteiger partial charge in [0.2, 0.25) is 0 Å². The lowest BCUT2D eigenvalue weighted by Gasteiger charge is -2.36. The molecule has 1 heterocycles. The Balaban J connectivity index is 1.94. The fraction of sp³-hybridized carbons (Fsp3) is 1.00. The van der Waals surface area contributed by atoms with Crippen molar-refractivity contribution in [3.05, 3.63) is 0 Å². The molecule has 16 heavy (non-hydrogen) atoms. The van der Waals surface area contributed by atoms with Gasteiger partial charge in [0.1, 0.15) is 0 Å². The molecule has 0 aromatic rings. The molecule has 0 aromatic heterocycles. The van der Waals surface area contributed by atoms with Gasteiger partial charge >= 0.3 is 0 Å². The average molecular weight is 226 g/mol. The molecule has 0 radical (unpaired) electrons. The van der Waals surface area contributed by atoms with Crippen LogP contribution in [0.2, 0.25) is 0 Å². The first-order valence-corrected chi connectivity index (χ1v) is 7.06. The van der Waals surface area contributed by atoms with Crippen molar-refractivity contribution in [2.45, 2.75) is 58.8 Å². The SMILES string of the molecule is CC1(C)CCN(CCCCCCCN)CC1. The topological polar surface area (TPSA) is 29.3 Å². The van der Waals surface area contributed by atoms with Gasteiger partial charge in [0, 0.05) is 0 Å². The van der Waals surface area contributed by atoms with Gasteiger partial charge in [-0.05, 0) is 57.3 Å². The molecule has 1 rings (SSSR count). The Morgan fingerprint density at radius 3 is 2.12 bits per heavy atom. The summed E-state index contributed by atoms with van der Waals surface area (Å²) in [6.45, 7) is 9.61. The lowest BCUT2D eigenvalue weighted by molar-refractivity contribution is 0.131. The molecule has 0 amide bonds. The van der Waals surface area contributed by atoms with Gasteiger partial charge in [-0.2, -0.15) is 0 Å². The molecule has 1 saturated heterocycles. The highest BCUT2D eigenvalue weighted by Crippen LogP contribution is 2.29. The second-order valence-electron chi connectivity index (χ2n) is 6.06. The Labute approximate surface area is 102 Å². The molecule has 0 aliphatic carbocycles. The van der Waals surface area contributed by atoms with Crippen LogP contribution in [0.3, 0.4) is 0 Å². The number of hydrogen-bond donors (Lipinski definition) is 1. The highest BCUT2D eigenvalue weighted by atomic mass is 15.1. The number of rotatable bonds is 7. The van der Waals surface area contributed by atoms with E-state index in [0.29, 0.717) is 5.41 Å². The van der Waals surface area contributed by atoms with Gasteiger partial charge in [-0.3, -0.25) is 0 Å². The maximum absolute atomic E-state index is 5.48. The zero-order valence-corrected chi connectivity index (χ0v) is 11.3. The molecule has 1 aliphatic heterocycles. The standard InChI is InChI=1S/C14H30N2/c1-14(2)8-12-16(13-9-14)11-7-5-3-4-6-10-15/h3-13,15H2,1-2H3. The molecular formula is C14H30N2. The van der Waals surface area contributed by atoms with Crippen LogP contribution < -0.4 is 5.73 Å². The van der Waals surface area contributed by atoms with Gasteiger partial charge in [-0.15, -0.1) is 0 Å². The van der Waals surface area contributed by atoms with Crippen molar-refractivity contribution in [2.24, 2.45) is 11.1 Å². The van der Waals surface area contributed by atoms with E-state index in [-0.39, 0.29) is 0 Å². The summed E-state index contributed by atoms with van der Waals surface area (Å²) in [7, 11) is 0. The van der Waals surface area contributed by atoms with Crippen molar-refractivity contribution in [3.63, 3.8) is 0 Å². The van der Waals surface area contributed by atoms with Crippen LogP contribution in [0, 0.1) is 5.41 Å². The van der Waals surface area contributed by atoms with Crippen molar-refractivity contribution in [2.75, 3.05) is 26.2 Å². The first kappa shape index (κ1) is 14.0. The van der Waals surface area contributed by atoms with E-state index in [0.717, 1.165) is 6.54 Å². The van der Waals surface area contributed by atoms with Crippen molar-refractivity contribution in [3.8, 4) is 0 Å². The van der Waals surface area contributed by atoms with E-state index in [1.165, 1.54) is 64.6 Å². The first-order valence-electron chi connectivity index (χ1n) is 7.06. The molecule has 0 aromatic carbocycles. The molecular weight excluding hydrogens is 196 g/mol. The molecule has 0 bridgehead atoms. The molecule has 96 valence electrons. The van der Waals surface area contributed by atoms with Gasteiger partial charge < -0.3 is 10.6 Å². The number of nitrogens with two attached hydrogens (primary N) is 1. The Morgan fingerprint density at radius 2 is 1.50 bits per heavy atom. The Morgan fingerprint density at radius 1 is 0.938 bits per heavy atom. The van der Waals surface area contributed by atoms with E-state index in [4.69, 9.17) is 5.73 Å². The highest BCUT2D eigenvalue weighted by molar-refractivity contribution is 4.78. The van der Waals surface area contributed by atoms with Crippen LogP contribution >= 0.6 is 0 Å². The van der Waals surface area contributed by atoms with Crippen LogP contribution in [-0.2, 0) is 0 Å². The third-order valence-electron chi connectivity index (χ3n) is 3.89. The highest BCUT2D eigenvalue weighted by Gasteiger charge is 2.24. The minimum atomic E-state index is 0.595. The molecule has 2 heteroatoms. The Kier molecular flexibility index (Phi) is 6.37. The van der Waals surface area contributed by atoms with Crippen molar-refractivity contribution in [1.82, 2.24) is 4.90 Å². The fourth-order valence-electron chi connectivity index (χ4n) is 2.39. The summed E-state index contributed by atoms with van der Waals surface area (Å²) in [4.78, 5) is 2.65. The quantitative estimate of drug-likeness (QED) is 0.676. The maximum atomic E-state index is 5.48. The number of nitrogens with zero attached hydrogens (tertiary/aromatic N) is 1. The minimum absolute atomic E-state index is 0.595. The van der Waals surface area contributed by atoms with E-state index in [2.05, 4.69) is 18.7 Å². The second-order valence-corrected chi connectivity index (χ2v) is 6.06. The van der Waals surface area contributed by atoms with Crippen LogP contribution in [-0.4, -0.2) is 31.1 Å². The lowest BCUT2D eigenvalue weighted by Crippen LogP contribution is -2.37. The maximum Gasteiger partial charge on any atom is -0.00136 e. The monoisotopic (exact) mass is 226 g/mol. The summed E-state index contributed by atoms with van der Waals surface area (Å²) in [6.07, 6.45) is 9.42. The fourth-order valence-corrected chi connectivity index (χ4v) is 2.39. The van der Waals surface area contributed by atoms with Crippen LogP contribution in [0.5, 0.6) is 0 Å². The number of hydrogen-bond acceptors (Lipinski definition) is 2. The summed E-state index contributed by atoms with van der Waals surface area (Å²) in [6, 6.07) is 0. The molecule has 1 aliphatic rings. The van der Waals surface area contributed by atoms with Crippen LogP contribution in [0.25, 0.3) is 0 Å². The Hall–Kier alpha value is -0.0800. The predicted molar refractivity (Wildman–Crippen MR) is 71.6 cm³/mol. The summed E-state index contributed by atoms with van der Waals surface area (Å²) < 4.78 is 0. The molecule has 0 saturated carbocycles. The minimum Gasteiger partial charge on any atom is -0.330 e. The molecule has 1 fully saturated rings. The molecule has 0 spiro atoms. The van der Waals surface area contributed by atoms with Gasteiger partial charge in [0.15, 0.2) is 0 Å². The first-order chi connectivity index (χ1) is 7.64. The summed E-state index contributed by atoms with van der Waals surface area (Å²) in [5.41, 5.74) is 6.07. The lowest BCUT2D eigenvalue weighted by atomic mass is 9.82. The summed E-state index contributed by atoms with van der Waals surface area (Å²) in [5, 5.41) is 0. The van der Waals surface area contributed by atoms with E-state index in [9.17, 15) is 0 Å². The number of likely N-dealkylation sites (tertiary alicyclic amines) is 1. The van der Waals surface area contributed by atoms with Crippen LogP contribution in [0.15, 0.2) is 0 Å². The third-order valence-corrected chi connectivity index (χ3v) is 3.89. The van der Waals surface area contributed by atoms with E-state index in [1.54, 1.807) is 0 Å².